The van der Waals surface area contributed by atoms with Gasteiger partial charge in [0.2, 0.25) is 0 Å². The van der Waals surface area contributed by atoms with Gasteiger partial charge in [-0.05, 0) is 88.6 Å². The number of hydrogen-bond acceptors (Lipinski definition) is 1. The van der Waals surface area contributed by atoms with Gasteiger partial charge in [0.25, 0.3) is 0 Å². The highest BCUT2D eigenvalue weighted by Gasteiger charge is 2.39. The molecule has 0 N–H and O–H groups in total. The van der Waals surface area contributed by atoms with Crippen molar-refractivity contribution in [3.8, 4) is 33.4 Å². The van der Waals surface area contributed by atoms with Crippen LogP contribution in [0.15, 0.2) is 162 Å². The van der Waals surface area contributed by atoms with E-state index in [0.29, 0.717) is 0 Å². The molecule has 1 aromatic heterocycles. The molecule has 50 heavy (non-hydrogen) atoms. The molecule has 0 atom stereocenters. The first-order chi connectivity index (χ1) is 24.6. The molecule has 10 aromatic rings. The predicted molar refractivity (Wildman–Crippen MR) is 212 cm³/mol. The van der Waals surface area contributed by atoms with Crippen molar-refractivity contribution in [1.29, 1.82) is 0 Å². The second kappa shape index (κ2) is 9.94. The molecule has 1 heterocycles. The van der Waals surface area contributed by atoms with Crippen molar-refractivity contribution in [2.45, 2.75) is 19.3 Å². The molecular weight excluding hydrogens is 605 g/mol. The molecule has 11 rings (SSSR count). The van der Waals surface area contributed by atoms with Gasteiger partial charge in [-0.25, -0.2) is 0 Å². The van der Waals surface area contributed by atoms with Crippen LogP contribution < -0.4 is 0 Å². The van der Waals surface area contributed by atoms with E-state index in [0.717, 1.165) is 16.7 Å². The molecule has 0 fully saturated rings. The molecule has 0 spiro atoms. The van der Waals surface area contributed by atoms with Gasteiger partial charge in [0.1, 0.15) is 11.2 Å². The summed E-state index contributed by atoms with van der Waals surface area (Å²) in [6, 6.07) is 57.9. The van der Waals surface area contributed by atoms with Gasteiger partial charge >= 0.3 is 0 Å². The lowest BCUT2D eigenvalue weighted by Gasteiger charge is -2.23. The van der Waals surface area contributed by atoms with Gasteiger partial charge < -0.3 is 4.42 Å². The molecular formula is C49H32O. The van der Waals surface area contributed by atoms with Crippen LogP contribution in [0.3, 0.4) is 0 Å². The minimum absolute atomic E-state index is 0.183. The van der Waals surface area contributed by atoms with Crippen LogP contribution >= 0.6 is 0 Å². The first-order valence-corrected chi connectivity index (χ1v) is 17.5. The lowest BCUT2D eigenvalue weighted by molar-refractivity contribution is 0.657. The summed E-state index contributed by atoms with van der Waals surface area (Å²) in [5.41, 5.74) is 11.9. The summed E-state index contributed by atoms with van der Waals surface area (Å²) < 4.78 is 7.12. The molecule has 1 heteroatoms. The fraction of sp³-hybridized carbons (Fsp3) is 0.0612. The van der Waals surface area contributed by atoms with Crippen molar-refractivity contribution in [2.75, 3.05) is 0 Å². The molecule has 0 amide bonds. The summed E-state index contributed by atoms with van der Waals surface area (Å²) in [6.07, 6.45) is 0. The third kappa shape index (κ3) is 3.56. The SMILES string of the molecule is CC1(C)c2ccccc2-c2c1cc(-c1c3ccccc3c(-c3cccc4ccccc34)c3ccccc13)c1oc3ccc4ccccc4c3c21. The Kier molecular flexibility index (Phi) is 5.51. The molecule has 0 saturated heterocycles. The van der Waals surface area contributed by atoms with E-state index >= 15 is 0 Å². The standard InChI is InChI=1S/C49H32O/c1-49(2)40-25-12-11-23-38(40)45-41(49)28-39(48-47(45)46-32-18-6-4-15-30(32)26-27-42(46)50-48)44-36-21-9-7-19-34(36)43(35-20-8-10-22-37(35)44)33-24-13-16-29-14-3-5-17-31(29)33/h3-28H,1-2H3. The largest absolute Gasteiger partial charge is 0.455 e. The maximum absolute atomic E-state index is 7.12. The van der Waals surface area contributed by atoms with Crippen LogP contribution in [0.25, 0.3) is 98.4 Å². The molecule has 1 nitrogen and oxygen atoms in total. The zero-order chi connectivity index (χ0) is 33.1. The Morgan fingerprint density at radius 3 is 1.60 bits per heavy atom. The maximum atomic E-state index is 7.12. The summed E-state index contributed by atoms with van der Waals surface area (Å²) in [7, 11) is 0. The smallest absolute Gasteiger partial charge is 0.143 e. The van der Waals surface area contributed by atoms with Crippen LogP contribution in [0, 0.1) is 0 Å². The van der Waals surface area contributed by atoms with E-state index in [1.807, 2.05) is 0 Å². The Hall–Kier alpha value is -6.18. The molecule has 9 aromatic carbocycles. The minimum Gasteiger partial charge on any atom is -0.455 e. The number of hydrogen-bond donors (Lipinski definition) is 0. The van der Waals surface area contributed by atoms with E-state index in [2.05, 4.69) is 172 Å². The van der Waals surface area contributed by atoms with Crippen molar-refractivity contribution in [2.24, 2.45) is 0 Å². The monoisotopic (exact) mass is 636 g/mol. The number of rotatable bonds is 2. The second-order valence-electron chi connectivity index (χ2n) is 14.4. The minimum atomic E-state index is -0.183. The molecule has 1 aliphatic rings. The Labute approximate surface area is 290 Å². The van der Waals surface area contributed by atoms with Crippen LogP contribution in [-0.2, 0) is 5.41 Å². The van der Waals surface area contributed by atoms with Crippen molar-refractivity contribution in [3.05, 3.63) is 169 Å². The Morgan fingerprint density at radius 2 is 0.900 bits per heavy atom. The van der Waals surface area contributed by atoms with Crippen LogP contribution in [-0.4, -0.2) is 0 Å². The maximum Gasteiger partial charge on any atom is 0.143 e. The fourth-order valence-corrected chi connectivity index (χ4v) is 9.22. The predicted octanol–water partition coefficient (Wildman–Crippen LogP) is 13.8. The van der Waals surface area contributed by atoms with Gasteiger partial charge in [-0.15, -0.1) is 0 Å². The normalized spacial score (nSPS) is 13.6. The number of benzene rings is 9. The van der Waals surface area contributed by atoms with Crippen molar-refractivity contribution in [1.82, 2.24) is 0 Å². The van der Waals surface area contributed by atoms with Crippen LogP contribution in [0.2, 0.25) is 0 Å². The number of furan rings is 1. The average Bonchev–Trinajstić information content (AvgIpc) is 3.66. The highest BCUT2D eigenvalue weighted by molar-refractivity contribution is 6.30. The molecule has 0 aliphatic heterocycles. The topological polar surface area (TPSA) is 13.1 Å². The van der Waals surface area contributed by atoms with Crippen LogP contribution in [0.4, 0.5) is 0 Å². The third-order valence-electron chi connectivity index (χ3n) is 11.4. The van der Waals surface area contributed by atoms with E-state index in [4.69, 9.17) is 4.42 Å². The lowest BCUT2D eigenvalue weighted by Crippen LogP contribution is -2.15. The first-order valence-electron chi connectivity index (χ1n) is 17.5. The van der Waals surface area contributed by atoms with Crippen molar-refractivity contribution < 1.29 is 4.42 Å². The van der Waals surface area contributed by atoms with Gasteiger partial charge in [-0.1, -0.05) is 159 Å². The third-order valence-corrected chi connectivity index (χ3v) is 11.4. The summed E-state index contributed by atoms with van der Waals surface area (Å²) in [6.45, 7) is 4.76. The summed E-state index contributed by atoms with van der Waals surface area (Å²) in [5.74, 6) is 0. The lowest BCUT2D eigenvalue weighted by atomic mass is 9.79. The Bertz CT molecular complexity index is 3000. The van der Waals surface area contributed by atoms with Crippen LogP contribution in [0.1, 0.15) is 25.0 Å². The number of fused-ring (bicyclic) bond motifs is 12. The second-order valence-corrected chi connectivity index (χ2v) is 14.4. The zero-order valence-electron chi connectivity index (χ0n) is 27.9. The summed E-state index contributed by atoms with van der Waals surface area (Å²) >= 11 is 0. The fourth-order valence-electron chi connectivity index (χ4n) is 9.22. The summed E-state index contributed by atoms with van der Waals surface area (Å²) in [5, 5.41) is 12.3. The van der Waals surface area contributed by atoms with Gasteiger partial charge in [-0.2, -0.15) is 0 Å². The van der Waals surface area contributed by atoms with E-state index in [1.165, 1.54) is 92.8 Å². The van der Waals surface area contributed by atoms with Crippen molar-refractivity contribution >= 4 is 65.0 Å². The van der Waals surface area contributed by atoms with E-state index in [9.17, 15) is 0 Å². The Balaban J connectivity index is 1.36. The quantitative estimate of drug-likeness (QED) is 0.172. The van der Waals surface area contributed by atoms with Gasteiger partial charge in [-0.3, -0.25) is 0 Å². The van der Waals surface area contributed by atoms with E-state index < -0.39 is 0 Å². The van der Waals surface area contributed by atoms with Gasteiger partial charge in [0.15, 0.2) is 0 Å². The van der Waals surface area contributed by atoms with Gasteiger partial charge in [0.05, 0.1) is 0 Å². The van der Waals surface area contributed by atoms with E-state index in [1.54, 1.807) is 0 Å². The summed E-state index contributed by atoms with van der Waals surface area (Å²) in [4.78, 5) is 0. The average molecular weight is 637 g/mol. The highest BCUT2D eigenvalue weighted by atomic mass is 16.3. The van der Waals surface area contributed by atoms with Gasteiger partial charge in [0, 0.05) is 27.3 Å². The van der Waals surface area contributed by atoms with Crippen molar-refractivity contribution in [3.63, 3.8) is 0 Å². The zero-order valence-corrected chi connectivity index (χ0v) is 27.9. The molecule has 0 radical (unpaired) electrons. The van der Waals surface area contributed by atoms with Crippen LogP contribution in [0.5, 0.6) is 0 Å². The Morgan fingerprint density at radius 1 is 0.380 bits per heavy atom. The molecule has 234 valence electrons. The first kappa shape index (κ1) is 27.7. The molecule has 0 unspecified atom stereocenters. The molecule has 0 bridgehead atoms. The highest BCUT2D eigenvalue weighted by Crippen LogP contribution is 2.57. The molecule has 1 aliphatic carbocycles. The van der Waals surface area contributed by atoms with E-state index in [-0.39, 0.29) is 5.41 Å². The molecule has 0 saturated carbocycles.